The van der Waals surface area contributed by atoms with E-state index in [9.17, 15) is 9.59 Å². The molecule has 1 unspecified atom stereocenters. The standard InChI is InChI=1S/C22H26Cl2N2O2/c1-4-20(22(28)25-3)26(14-17-18(23)6-5-7-19(17)24)21(27)13-12-16-10-8-15(2)9-11-16/h5-11,20H,4,12-14H2,1-3H3,(H,25,28). The molecule has 0 fully saturated rings. The van der Waals surface area contributed by atoms with Crippen molar-refractivity contribution in [3.63, 3.8) is 0 Å². The molecule has 2 amide bonds. The van der Waals surface area contributed by atoms with Crippen molar-refractivity contribution in [1.29, 1.82) is 0 Å². The summed E-state index contributed by atoms with van der Waals surface area (Å²) in [7, 11) is 1.57. The molecule has 6 heteroatoms. The van der Waals surface area contributed by atoms with Gasteiger partial charge in [-0.25, -0.2) is 0 Å². The lowest BCUT2D eigenvalue weighted by atomic mass is 10.1. The van der Waals surface area contributed by atoms with E-state index in [1.54, 1.807) is 30.1 Å². The summed E-state index contributed by atoms with van der Waals surface area (Å²) in [5, 5.41) is 3.61. The third-order valence-corrected chi connectivity index (χ3v) is 5.48. The van der Waals surface area contributed by atoms with Crippen LogP contribution in [0.3, 0.4) is 0 Å². The molecule has 0 saturated carbocycles. The lowest BCUT2D eigenvalue weighted by Crippen LogP contribution is -2.48. The van der Waals surface area contributed by atoms with Crippen LogP contribution in [0, 0.1) is 6.92 Å². The molecule has 28 heavy (non-hydrogen) atoms. The average molecular weight is 421 g/mol. The van der Waals surface area contributed by atoms with E-state index < -0.39 is 6.04 Å². The van der Waals surface area contributed by atoms with Crippen LogP contribution in [0.5, 0.6) is 0 Å². The molecule has 0 radical (unpaired) electrons. The predicted octanol–water partition coefficient (Wildman–Crippen LogP) is 4.79. The van der Waals surface area contributed by atoms with Gasteiger partial charge in [0.25, 0.3) is 0 Å². The molecule has 1 N–H and O–H groups in total. The van der Waals surface area contributed by atoms with Gasteiger partial charge in [0.2, 0.25) is 11.8 Å². The number of carbonyl (C=O) groups excluding carboxylic acids is 2. The maximum Gasteiger partial charge on any atom is 0.242 e. The van der Waals surface area contributed by atoms with Crippen LogP contribution in [-0.4, -0.2) is 29.8 Å². The van der Waals surface area contributed by atoms with Crippen molar-refractivity contribution in [3.8, 4) is 0 Å². The van der Waals surface area contributed by atoms with Gasteiger partial charge in [0.05, 0.1) is 0 Å². The number of hydrogen-bond acceptors (Lipinski definition) is 2. The number of likely N-dealkylation sites (N-methyl/N-ethyl adjacent to an activating group) is 1. The number of halogens is 2. The van der Waals surface area contributed by atoms with Crippen LogP contribution in [0.25, 0.3) is 0 Å². The fourth-order valence-corrected chi connectivity index (χ4v) is 3.61. The molecule has 0 aliphatic heterocycles. The Morgan fingerprint density at radius 2 is 1.68 bits per heavy atom. The third kappa shape index (κ3) is 5.73. The molecule has 0 aliphatic carbocycles. The first kappa shape index (κ1) is 22.3. The molecule has 4 nitrogen and oxygen atoms in total. The number of nitrogens with one attached hydrogen (secondary N) is 1. The summed E-state index contributed by atoms with van der Waals surface area (Å²) in [4.78, 5) is 27.1. The van der Waals surface area contributed by atoms with Crippen molar-refractivity contribution < 1.29 is 9.59 Å². The molecule has 1 atom stereocenters. The molecular weight excluding hydrogens is 395 g/mol. The number of rotatable bonds is 8. The van der Waals surface area contributed by atoms with Gasteiger partial charge in [-0.1, -0.05) is 66.0 Å². The van der Waals surface area contributed by atoms with Crippen molar-refractivity contribution in [1.82, 2.24) is 10.2 Å². The highest BCUT2D eigenvalue weighted by atomic mass is 35.5. The lowest BCUT2D eigenvalue weighted by molar-refractivity contribution is -0.141. The van der Waals surface area contributed by atoms with Gasteiger partial charge in [0.1, 0.15) is 6.04 Å². The Balaban J connectivity index is 2.24. The fourth-order valence-electron chi connectivity index (χ4n) is 3.09. The largest absolute Gasteiger partial charge is 0.357 e. The first-order chi connectivity index (χ1) is 13.4. The maximum absolute atomic E-state index is 13.1. The van der Waals surface area contributed by atoms with Gasteiger partial charge < -0.3 is 10.2 Å². The zero-order valence-corrected chi connectivity index (χ0v) is 18.0. The molecule has 2 aromatic rings. The maximum atomic E-state index is 13.1. The van der Waals surface area contributed by atoms with Crippen LogP contribution >= 0.6 is 23.2 Å². The third-order valence-electron chi connectivity index (χ3n) is 4.77. The summed E-state index contributed by atoms with van der Waals surface area (Å²) < 4.78 is 0. The van der Waals surface area contributed by atoms with E-state index in [1.165, 1.54) is 5.56 Å². The number of amides is 2. The van der Waals surface area contributed by atoms with Gasteiger partial charge in [-0.3, -0.25) is 9.59 Å². The number of aryl methyl sites for hydroxylation is 2. The average Bonchev–Trinajstić information content (AvgIpc) is 2.69. The van der Waals surface area contributed by atoms with Gasteiger partial charge in [0, 0.05) is 35.6 Å². The Labute approximate surface area is 176 Å². The van der Waals surface area contributed by atoms with E-state index in [-0.39, 0.29) is 18.4 Å². The minimum absolute atomic E-state index is 0.105. The van der Waals surface area contributed by atoms with Gasteiger partial charge in [-0.15, -0.1) is 0 Å². The van der Waals surface area contributed by atoms with Crippen LogP contribution in [0.1, 0.15) is 36.5 Å². The summed E-state index contributed by atoms with van der Waals surface area (Å²) in [5.74, 6) is -0.304. The van der Waals surface area contributed by atoms with E-state index in [0.717, 1.165) is 5.56 Å². The van der Waals surface area contributed by atoms with Crippen LogP contribution < -0.4 is 5.32 Å². The minimum atomic E-state index is -0.581. The fraction of sp³-hybridized carbons (Fsp3) is 0.364. The molecular formula is C22H26Cl2N2O2. The zero-order valence-electron chi connectivity index (χ0n) is 16.5. The normalized spacial score (nSPS) is 11.8. The molecule has 0 aliphatic rings. The Hall–Kier alpha value is -2.04. The number of hydrogen-bond donors (Lipinski definition) is 1. The quantitative estimate of drug-likeness (QED) is 0.667. The van der Waals surface area contributed by atoms with Crippen molar-refractivity contribution in [2.75, 3.05) is 7.05 Å². The van der Waals surface area contributed by atoms with E-state index >= 15 is 0 Å². The first-order valence-electron chi connectivity index (χ1n) is 9.36. The smallest absolute Gasteiger partial charge is 0.242 e. The topological polar surface area (TPSA) is 49.4 Å². The van der Waals surface area contributed by atoms with E-state index in [2.05, 4.69) is 5.32 Å². The zero-order chi connectivity index (χ0) is 20.7. The SMILES string of the molecule is CCC(C(=O)NC)N(Cc1c(Cl)cccc1Cl)C(=O)CCc1ccc(C)cc1. The van der Waals surface area contributed by atoms with E-state index in [1.807, 2.05) is 38.1 Å². The summed E-state index contributed by atoms with van der Waals surface area (Å²) in [6.45, 7) is 4.10. The molecule has 0 heterocycles. The molecule has 2 aromatic carbocycles. The van der Waals surface area contributed by atoms with Crippen molar-refractivity contribution in [2.45, 2.75) is 45.7 Å². The Morgan fingerprint density at radius 3 is 2.21 bits per heavy atom. The number of nitrogens with zero attached hydrogens (tertiary/aromatic N) is 1. The Bertz CT molecular complexity index is 802. The first-order valence-corrected chi connectivity index (χ1v) is 10.1. The second-order valence-electron chi connectivity index (χ2n) is 6.75. The predicted molar refractivity (Wildman–Crippen MR) is 115 cm³/mol. The second kappa shape index (κ2) is 10.5. The highest BCUT2D eigenvalue weighted by Gasteiger charge is 2.28. The van der Waals surface area contributed by atoms with Crippen LogP contribution in [0.2, 0.25) is 10.0 Å². The summed E-state index contributed by atoms with van der Waals surface area (Å²) >= 11 is 12.6. The summed E-state index contributed by atoms with van der Waals surface area (Å²) in [5.41, 5.74) is 2.91. The molecule has 0 saturated heterocycles. The number of benzene rings is 2. The van der Waals surface area contributed by atoms with Gasteiger partial charge >= 0.3 is 0 Å². The van der Waals surface area contributed by atoms with Crippen molar-refractivity contribution in [2.24, 2.45) is 0 Å². The van der Waals surface area contributed by atoms with Gasteiger partial charge in [-0.05, 0) is 37.5 Å². The van der Waals surface area contributed by atoms with E-state index in [0.29, 0.717) is 34.9 Å². The Kier molecular flexibility index (Phi) is 8.34. The monoisotopic (exact) mass is 420 g/mol. The van der Waals surface area contributed by atoms with Gasteiger partial charge in [0.15, 0.2) is 0 Å². The van der Waals surface area contributed by atoms with Crippen molar-refractivity contribution in [3.05, 3.63) is 69.2 Å². The molecule has 0 spiro atoms. The van der Waals surface area contributed by atoms with Gasteiger partial charge in [-0.2, -0.15) is 0 Å². The highest BCUT2D eigenvalue weighted by molar-refractivity contribution is 6.36. The van der Waals surface area contributed by atoms with Crippen LogP contribution in [-0.2, 0) is 22.6 Å². The Morgan fingerprint density at radius 1 is 1.07 bits per heavy atom. The summed E-state index contributed by atoms with van der Waals surface area (Å²) in [6, 6.07) is 12.7. The van der Waals surface area contributed by atoms with Crippen LogP contribution in [0.15, 0.2) is 42.5 Å². The van der Waals surface area contributed by atoms with Crippen LogP contribution in [0.4, 0.5) is 0 Å². The highest BCUT2D eigenvalue weighted by Crippen LogP contribution is 2.27. The molecule has 150 valence electrons. The second-order valence-corrected chi connectivity index (χ2v) is 7.56. The minimum Gasteiger partial charge on any atom is -0.357 e. The lowest BCUT2D eigenvalue weighted by Gasteiger charge is -2.31. The molecule has 0 aromatic heterocycles. The van der Waals surface area contributed by atoms with E-state index in [4.69, 9.17) is 23.2 Å². The number of carbonyl (C=O) groups is 2. The molecule has 2 rings (SSSR count). The molecule has 0 bridgehead atoms. The summed E-state index contributed by atoms with van der Waals surface area (Å²) in [6.07, 6.45) is 1.41. The van der Waals surface area contributed by atoms with Crippen molar-refractivity contribution >= 4 is 35.0 Å².